The van der Waals surface area contributed by atoms with Crippen molar-refractivity contribution in [2.24, 2.45) is 0 Å². The zero-order chi connectivity index (χ0) is 39.2. The normalized spacial score (nSPS) is 13.4. The van der Waals surface area contributed by atoms with Gasteiger partial charge in [-0.15, -0.1) is 0 Å². The van der Waals surface area contributed by atoms with Crippen molar-refractivity contribution >= 4 is 11.1 Å². The Kier molecular flexibility index (Phi) is 9.04. The molecule has 0 saturated carbocycles. The number of hydrogen-bond donors (Lipinski definition) is 0. The average molecular weight is 741 g/mol. The minimum atomic E-state index is 0.866. The summed E-state index contributed by atoms with van der Waals surface area (Å²) in [5.41, 5.74) is 27.2. The molecule has 0 heteroatoms. The molecule has 0 atom stereocenters. The Morgan fingerprint density at radius 2 is 1.00 bits per heavy atom. The third-order valence-electron chi connectivity index (χ3n) is 12.4. The Morgan fingerprint density at radius 3 is 1.78 bits per heavy atom. The van der Waals surface area contributed by atoms with Crippen LogP contribution in [-0.2, 0) is 12.8 Å². The molecule has 8 aromatic rings. The van der Waals surface area contributed by atoms with E-state index in [0.717, 1.165) is 18.4 Å². The molecular weight excluding hydrogens is 697 g/mol. The molecule has 8 aromatic carbocycles. The summed E-state index contributed by atoms with van der Waals surface area (Å²) in [6.07, 6.45) is 8.27. The van der Waals surface area contributed by atoms with Crippen LogP contribution < -0.4 is 0 Å². The molecule has 0 N–H and O–H groups in total. The Labute approximate surface area is 342 Å². The number of rotatable bonds is 7. The lowest BCUT2D eigenvalue weighted by atomic mass is 9.80. The molecule has 0 aliphatic heterocycles. The summed E-state index contributed by atoms with van der Waals surface area (Å²) in [6.45, 7) is 8.54. The van der Waals surface area contributed by atoms with E-state index in [1.54, 1.807) is 0 Å². The van der Waals surface area contributed by atoms with Crippen LogP contribution in [0.3, 0.4) is 0 Å². The van der Waals surface area contributed by atoms with Gasteiger partial charge < -0.3 is 0 Å². The summed E-state index contributed by atoms with van der Waals surface area (Å²) in [5, 5.41) is 0. The van der Waals surface area contributed by atoms with Crippen molar-refractivity contribution in [3.05, 3.63) is 240 Å². The van der Waals surface area contributed by atoms with Gasteiger partial charge in [0.2, 0.25) is 0 Å². The summed E-state index contributed by atoms with van der Waals surface area (Å²) >= 11 is 0. The number of hydrogen-bond acceptors (Lipinski definition) is 0. The maximum absolute atomic E-state index is 4.10. The fourth-order valence-electron chi connectivity index (χ4n) is 9.36. The first-order chi connectivity index (χ1) is 28.5. The van der Waals surface area contributed by atoms with Gasteiger partial charge in [-0.2, -0.15) is 0 Å². The van der Waals surface area contributed by atoms with Crippen molar-refractivity contribution < 1.29 is 0 Å². The molecule has 0 nitrogen and oxygen atoms in total. The molecule has 2 aliphatic rings. The Balaban J connectivity index is 0.933. The highest BCUT2D eigenvalue weighted by molar-refractivity contribution is 5.95. The van der Waals surface area contributed by atoms with E-state index in [-0.39, 0.29) is 0 Å². The van der Waals surface area contributed by atoms with Crippen LogP contribution in [0.4, 0.5) is 0 Å². The van der Waals surface area contributed by atoms with Crippen LogP contribution >= 0.6 is 0 Å². The molecule has 276 valence electrons. The van der Waals surface area contributed by atoms with Crippen LogP contribution in [0.2, 0.25) is 0 Å². The molecule has 0 amide bonds. The van der Waals surface area contributed by atoms with Gasteiger partial charge >= 0.3 is 0 Å². The Bertz CT molecular complexity index is 2950. The number of aryl methyl sites for hydroxylation is 1. The van der Waals surface area contributed by atoms with E-state index in [1.807, 2.05) is 6.08 Å². The second-order valence-electron chi connectivity index (χ2n) is 15.7. The fraction of sp³-hybridized carbons (Fsp3) is 0.0690. The molecule has 0 unspecified atom stereocenters. The third-order valence-corrected chi connectivity index (χ3v) is 12.4. The Morgan fingerprint density at radius 1 is 0.431 bits per heavy atom. The van der Waals surface area contributed by atoms with Crippen molar-refractivity contribution in [3.8, 4) is 66.8 Å². The monoisotopic (exact) mass is 740 g/mol. The van der Waals surface area contributed by atoms with E-state index in [9.17, 15) is 0 Å². The van der Waals surface area contributed by atoms with Crippen LogP contribution in [0, 0.1) is 13.8 Å². The maximum Gasteiger partial charge on any atom is -0.000729 e. The van der Waals surface area contributed by atoms with E-state index >= 15 is 0 Å². The number of allylic oxidation sites excluding steroid dienone is 5. The van der Waals surface area contributed by atoms with E-state index in [2.05, 4.69) is 209 Å². The van der Waals surface area contributed by atoms with E-state index < -0.39 is 0 Å². The first-order valence-electron chi connectivity index (χ1n) is 20.4. The Hall–Kier alpha value is -7.02. The van der Waals surface area contributed by atoms with Crippen LogP contribution in [0.15, 0.2) is 201 Å². The van der Waals surface area contributed by atoms with Crippen LogP contribution in [-0.4, -0.2) is 0 Å². The highest BCUT2D eigenvalue weighted by Gasteiger charge is 2.23. The molecule has 0 saturated heterocycles. The molecule has 0 aromatic heterocycles. The predicted octanol–water partition coefficient (Wildman–Crippen LogP) is 15.4. The van der Waals surface area contributed by atoms with Gasteiger partial charge in [-0.05, 0) is 150 Å². The van der Waals surface area contributed by atoms with Crippen molar-refractivity contribution in [1.82, 2.24) is 0 Å². The molecule has 0 radical (unpaired) electrons. The van der Waals surface area contributed by atoms with Gasteiger partial charge in [0.25, 0.3) is 0 Å². The van der Waals surface area contributed by atoms with Gasteiger partial charge in [-0.1, -0.05) is 195 Å². The maximum atomic E-state index is 4.10. The lowest BCUT2D eigenvalue weighted by Crippen LogP contribution is -2.04. The second-order valence-corrected chi connectivity index (χ2v) is 15.7. The SMILES string of the molecule is C=C/C=C(\C=C1/Cc2ccc(-c3ccc(-c4cccc(-c5ccccc5C)c4C)cc3)cc2-c2ccccc21)c1ccc(-c2cccc3c2Cc2ccccc2-3)cc1. The van der Waals surface area contributed by atoms with Gasteiger partial charge in [0.1, 0.15) is 0 Å². The summed E-state index contributed by atoms with van der Waals surface area (Å²) in [7, 11) is 0. The van der Waals surface area contributed by atoms with E-state index in [1.165, 1.54) is 111 Å². The van der Waals surface area contributed by atoms with Crippen molar-refractivity contribution in [2.45, 2.75) is 26.7 Å². The zero-order valence-corrected chi connectivity index (χ0v) is 33.1. The molecule has 58 heavy (non-hydrogen) atoms. The van der Waals surface area contributed by atoms with Gasteiger partial charge in [-0.3, -0.25) is 0 Å². The highest BCUT2D eigenvalue weighted by atomic mass is 14.3. The van der Waals surface area contributed by atoms with Gasteiger partial charge in [0, 0.05) is 0 Å². The lowest BCUT2D eigenvalue weighted by molar-refractivity contribution is 1.25. The summed E-state index contributed by atoms with van der Waals surface area (Å²) in [5.74, 6) is 0. The summed E-state index contributed by atoms with van der Waals surface area (Å²) < 4.78 is 0. The predicted molar refractivity (Wildman–Crippen MR) is 248 cm³/mol. The molecular formula is C58H44. The standard InChI is InChI=1S/C58H44/c1-4-13-44(40-26-30-43(31-27-40)52-22-12-23-56-53-17-8-6-15-46(53)37-58(52)56)34-48-35-47-33-32-45(36-57(47)55-19-10-9-18-54(48)55)41-24-28-42(29-25-41)50-20-11-21-51(39(50)3)49-16-7-5-14-38(49)2/h4-34,36H,1,35,37H2,2-3H3/b44-13+,48-34+. The smallest absolute Gasteiger partial charge is 0.000729 e. The lowest BCUT2D eigenvalue weighted by Gasteiger charge is -2.24. The van der Waals surface area contributed by atoms with Crippen molar-refractivity contribution in [1.29, 1.82) is 0 Å². The molecule has 0 bridgehead atoms. The van der Waals surface area contributed by atoms with E-state index in [0.29, 0.717) is 0 Å². The first-order valence-corrected chi connectivity index (χ1v) is 20.4. The average Bonchev–Trinajstić information content (AvgIpc) is 3.66. The van der Waals surface area contributed by atoms with Crippen LogP contribution in [0.5, 0.6) is 0 Å². The minimum Gasteiger partial charge on any atom is -0.0990 e. The zero-order valence-electron chi connectivity index (χ0n) is 33.1. The van der Waals surface area contributed by atoms with E-state index in [4.69, 9.17) is 0 Å². The topological polar surface area (TPSA) is 0 Å². The van der Waals surface area contributed by atoms with Gasteiger partial charge in [0.05, 0.1) is 0 Å². The van der Waals surface area contributed by atoms with Gasteiger partial charge in [-0.25, -0.2) is 0 Å². The molecule has 10 rings (SSSR count). The molecule has 2 aliphatic carbocycles. The largest absolute Gasteiger partial charge is 0.0990 e. The van der Waals surface area contributed by atoms with Gasteiger partial charge in [0.15, 0.2) is 0 Å². The molecule has 0 fully saturated rings. The minimum absolute atomic E-state index is 0.866. The van der Waals surface area contributed by atoms with Crippen molar-refractivity contribution in [3.63, 3.8) is 0 Å². The molecule has 0 spiro atoms. The second kappa shape index (κ2) is 14.8. The summed E-state index contributed by atoms with van der Waals surface area (Å²) in [4.78, 5) is 0. The number of benzene rings is 8. The van der Waals surface area contributed by atoms with Crippen LogP contribution in [0.1, 0.15) is 38.9 Å². The summed E-state index contributed by atoms with van der Waals surface area (Å²) in [6, 6.07) is 65.0. The highest BCUT2D eigenvalue weighted by Crippen LogP contribution is 2.44. The van der Waals surface area contributed by atoms with Crippen molar-refractivity contribution in [2.75, 3.05) is 0 Å². The third kappa shape index (κ3) is 6.28. The first kappa shape index (κ1) is 35.4. The number of fused-ring (bicyclic) bond motifs is 6. The van der Waals surface area contributed by atoms with Crippen LogP contribution in [0.25, 0.3) is 77.9 Å². The quantitative estimate of drug-likeness (QED) is 0.143. The fourth-order valence-corrected chi connectivity index (χ4v) is 9.36. The molecule has 0 heterocycles.